The van der Waals surface area contributed by atoms with Gasteiger partial charge < -0.3 is 10.2 Å². The minimum atomic E-state index is -3.29. The van der Waals surface area contributed by atoms with E-state index in [1.165, 1.54) is 12.8 Å². The summed E-state index contributed by atoms with van der Waals surface area (Å²) in [6.45, 7) is 6.63. The fourth-order valence-electron chi connectivity index (χ4n) is 2.43. The van der Waals surface area contributed by atoms with Crippen molar-refractivity contribution in [1.82, 2.24) is 5.32 Å². The molecule has 0 aliphatic carbocycles. The van der Waals surface area contributed by atoms with E-state index in [2.05, 4.69) is 14.9 Å². The van der Waals surface area contributed by atoms with Crippen LogP contribution >= 0.6 is 0 Å². The van der Waals surface area contributed by atoms with E-state index in [-0.39, 0.29) is 5.75 Å². The van der Waals surface area contributed by atoms with Gasteiger partial charge in [0.05, 0.1) is 5.75 Å². The van der Waals surface area contributed by atoms with Crippen molar-refractivity contribution in [3.05, 3.63) is 24.3 Å². The maximum atomic E-state index is 12.0. The summed E-state index contributed by atoms with van der Waals surface area (Å²) >= 11 is 0. The molecule has 1 fully saturated rings. The summed E-state index contributed by atoms with van der Waals surface area (Å²) in [4.78, 5) is 2.32. The molecule has 2 N–H and O–H groups in total. The molecule has 0 amide bonds. The van der Waals surface area contributed by atoms with Crippen LogP contribution in [-0.4, -0.2) is 39.8 Å². The van der Waals surface area contributed by atoms with E-state index in [4.69, 9.17) is 0 Å². The second-order valence-electron chi connectivity index (χ2n) is 5.77. The Morgan fingerprint density at radius 3 is 2.33 bits per heavy atom. The second kappa shape index (κ2) is 7.13. The normalized spacial score (nSPS) is 15.7. The zero-order valence-electron chi connectivity index (χ0n) is 12.8. The highest BCUT2D eigenvalue weighted by Gasteiger charge is 2.13. The van der Waals surface area contributed by atoms with E-state index in [0.717, 1.165) is 18.8 Å². The molecule has 1 aliphatic rings. The van der Waals surface area contributed by atoms with Crippen molar-refractivity contribution in [3.63, 3.8) is 0 Å². The molecule has 1 aromatic rings. The van der Waals surface area contributed by atoms with Gasteiger partial charge in [-0.3, -0.25) is 4.72 Å². The van der Waals surface area contributed by atoms with Crippen LogP contribution in [0.1, 0.15) is 26.7 Å². The number of sulfonamides is 1. The standard InChI is InChI=1S/C15H25N3O2S/c1-13(2)16-9-12-21(19,20)17-14-5-7-15(8-6-14)18-10-3-4-11-18/h5-8,13,16-17H,3-4,9-12H2,1-2H3. The number of nitrogens with one attached hydrogen (secondary N) is 2. The Labute approximate surface area is 127 Å². The summed E-state index contributed by atoms with van der Waals surface area (Å²) in [5.41, 5.74) is 1.79. The molecule has 5 nitrogen and oxygen atoms in total. The molecule has 1 heterocycles. The number of hydrogen-bond donors (Lipinski definition) is 2. The zero-order valence-corrected chi connectivity index (χ0v) is 13.6. The van der Waals surface area contributed by atoms with Crippen LogP contribution in [0.15, 0.2) is 24.3 Å². The lowest BCUT2D eigenvalue weighted by Crippen LogP contribution is -2.30. The fraction of sp³-hybridized carbons (Fsp3) is 0.600. The summed E-state index contributed by atoms with van der Waals surface area (Å²) in [6, 6.07) is 7.92. The Kier molecular flexibility index (Phi) is 5.47. The lowest BCUT2D eigenvalue weighted by molar-refractivity contribution is 0.582. The lowest BCUT2D eigenvalue weighted by Gasteiger charge is -2.18. The van der Waals surface area contributed by atoms with Gasteiger partial charge >= 0.3 is 0 Å². The molecular weight excluding hydrogens is 286 g/mol. The van der Waals surface area contributed by atoms with Crippen LogP contribution in [0, 0.1) is 0 Å². The monoisotopic (exact) mass is 311 g/mol. The van der Waals surface area contributed by atoms with E-state index in [9.17, 15) is 8.42 Å². The van der Waals surface area contributed by atoms with Crippen molar-refractivity contribution in [2.45, 2.75) is 32.7 Å². The first-order chi connectivity index (χ1) is 9.96. The predicted octanol–water partition coefficient (Wildman–Crippen LogP) is 2.03. The van der Waals surface area contributed by atoms with Crippen molar-refractivity contribution in [2.75, 3.05) is 35.0 Å². The summed E-state index contributed by atoms with van der Waals surface area (Å²) in [7, 11) is -3.29. The number of nitrogens with zero attached hydrogens (tertiary/aromatic N) is 1. The average molecular weight is 311 g/mol. The molecule has 6 heteroatoms. The van der Waals surface area contributed by atoms with E-state index in [1.54, 1.807) is 0 Å². The molecule has 0 bridgehead atoms. The van der Waals surface area contributed by atoms with Crippen molar-refractivity contribution < 1.29 is 8.42 Å². The van der Waals surface area contributed by atoms with Gasteiger partial charge in [0.25, 0.3) is 0 Å². The lowest BCUT2D eigenvalue weighted by atomic mass is 10.2. The quantitative estimate of drug-likeness (QED) is 0.809. The van der Waals surface area contributed by atoms with Crippen LogP contribution in [-0.2, 0) is 10.0 Å². The van der Waals surface area contributed by atoms with Crippen LogP contribution < -0.4 is 14.9 Å². The maximum Gasteiger partial charge on any atom is 0.233 e. The number of hydrogen-bond acceptors (Lipinski definition) is 4. The van der Waals surface area contributed by atoms with Crippen LogP contribution in [0.2, 0.25) is 0 Å². The van der Waals surface area contributed by atoms with E-state index >= 15 is 0 Å². The average Bonchev–Trinajstić information content (AvgIpc) is 2.92. The Balaban J connectivity index is 1.89. The van der Waals surface area contributed by atoms with E-state index in [0.29, 0.717) is 18.3 Å². The first-order valence-electron chi connectivity index (χ1n) is 7.55. The van der Waals surface area contributed by atoms with Gasteiger partial charge in [0.1, 0.15) is 0 Å². The highest BCUT2D eigenvalue weighted by Crippen LogP contribution is 2.22. The fourth-order valence-corrected chi connectivity index (χ4v) is 3.41. The summed E-state index contributed by atoms with van der Waals surface area (Å²) in [6.07, 6.45) is 2.47. The smallest absolute Gasteiger partial charge is 0.233 e. The van der Waals surface area contributed by atoms with Crippen LogP contribution in [0.4, 0.5) is 11.4 Å². The number of rotatable bonds is 7. The van der Waals surface area contributed by atoms with E-state index in [1.807, 2.05) is 38.1 Å². The number of benzene rings is 1. The minimum absolute atomic E-state index is 0.0824. The van der Waals surface area contributed by atoms with Crippen molar-refractivity contribution >= 4 is 21.4 Å². The molecule has 0 atom stereocenters. The molecule has 1 saturated heterocycles. The first kappa shape index (κ1) is 16.1. The molecule has 21 heavy (non-hydrogen) atoms. The third-order valence-corrected chi connectivity index (χ3v) is 4.82. The van der Waals surface area contributed by atoms with Gasteiger partial charge in [0, 0.05) is 37.1 Å². The molecule has 0 aromatic heterocycles. The van der Waals surface area contributed by atoms with Gasteiger partial charge in [0.15, 0.2) is 0 Å². The molecule has 0 radical (unpaired) electrons. The van der Waals surface area contributed by atoms with Gasteiger partial charge in [0.2, 0.25) is 10.0 Å². The van der Waals surface area contributed by atoms with Crippen molar-refractivity contribution in [3.8, 4) is 0 Å². The Bertz CT molecular complexity index is 535. The van der Waals surface area contributed by atoms with Gasteiger partial charge in [-0.1, -0.05) is 13.8 Å². The minimum Gasteiger partial charge on any atom is -0.372 e. The summed E-state index contributed by atoms with van der Waals surface area (Å²) < 4.78 is 26.5. The van der Waals surface area contributed by atoms with Gasteiger partial charge in [-0.05, 0) is 37.1 Å². The zero-order chi connectivity index (χ0) is 15.3. The first-order valence-corrected chi connectivity index (χ1v) is 9.20. The summed E-state index contributed by atoms with van der Waals surface area (Å²) in [5.74, 6) is 0.0824. The Morgan fingerprint density at radius 1 is 1.14 bits per heavy atom. The predicted molar refractivity (Wildman–Crippen MR) is 88.4 cm³/mol. The Hall–Kier alpha value is -1.27. The molecule has 118 valence electrons. The molecular formula is C15H25N3O2S. The second-order valence-corrected chi connectivity index (χ2v) is 7.61. The highest BCUT2D eigenvalue weighted by molar-refractivity contribution is 7.92. The molecule has 2 rings (SSSR count). The topological polar surface area (TPSA) is 61.4 Å². The highest BCUT2D eigenvalue weighted by atomic mass is 32.2. The van der Waals surface area contributed by atoms with Gasteiger partial charge in [-0.15, -0.1) is 0 Å². The van der Waals surface area contributed by atoms with Crippen molar-refractivity contribution in [2.24, 2.45) is 0 Å². The summed E-state index contributed by atoms with van der Waals surface area (Å²) in [5, 5.41) is 3.11. The maximum absolute atomic E-state index is 12.0. The molecule has 1 aliphatic heterocycles. The third-order valence-electron chi connectivity index (χ3n) is 3.54. The molecule has 0 unspecified atom stereocenters. The molecule has 0 spiro atoms. The largest absolute Gasteiger partial charge is 0.372 e. The van der Waals surface area contributed by atoms with Crippen molar-refractivity contribution in [1.29, 1.82) is 0 Å². The van der Waals surface area contributed by atoms with Gasteiger partial charge in [-0.2, -0.15) is 0 Å². The molecule has 0 saturated carbocycles. The van der Waals surface area contributed by atoms with E-state index < -0.39 is 10.0 Å². The van der Waals surface area contributed by atoms with Crippen LogP contribution in [0.25, 0.3) is 0 Å². The van der Waals surface area contributed by atoms with Crippen LogP contribution in [0.5, 0.6) is 0 Å². The SMILES string of the molecule is CC(C)NCCS(=O)(=O)Nc1ccc(N2CCCC2)cc1. The number of anilines is 2. The third kappa shape index (κ3) is 5.21. The van der Waals surface area contributed by atoms with Gasteiger partial charge in [-0.25, -0.2) is 8.42 Å². The molecule has 1 aromatic carbocycles. The Morgan fingerprint density at radius 2 is 1.76 bits per heavy atom. The van der Waals surface area contributed by atoms with Crippen LogP contribution in [0.3, 0.4) is 0 Å².